The summed E-state index contributed by atoms with van der Waals surface area (Å²) in [6.07, 6.45) is 15.7. The van der Waals surface area contributed by atoms with E-state index < -0.39 is 54.1 Å². The van der Waals surface area contributed by atoms with Gasteiger partial charge in [-0.25, -0.2) is 4.79 Å². The first-order valence-corrected chi connectivity index (χ1v) is 27.0. The van der Waals surface area contributed by atoms with E-state index in [2.05, 4.69) is 0 Å². The van der Waals surface area contributed by atoms with Crippen LogP contribution < -0.4 is 28.7 Å². The third kappa shape index (κ3) is 75.6. The van der Waals surface area contributed by atoms with Crippen molar-refractivity contribution >= 4 is 112 Å². The summed E-state index contributed by atoms with van der Waals surface area (Å²) in [5.74, 6) is 2.86. The molecule has 58 heavy (non-hydrogen) atoms. The summed E-state index contributed by atoms with van der Waals surface area (Å²) in [6.45, 7) is 0. The van der Waals surface area contributed by atoms with Gasteiger partial charge in [0.25, 0.3) is 0 Å². The second kappa shape index (κ2) is 60.0. The zero-order valence-electron chi connectivity index (χ0n) is 34.9. The van der Waals surface area contributed by atoms with Crippen molar-refractivity contribution < 1.29 is 49.5 Å². The first-order valence-electron chi connectivity index (χ1n) is 17.3. The third-order valence-corrected chi connectivity index (χ3v) is 10.2. The fourth-order valence-corrected chi connectivity index (χ4v) is 5.43. The van der Waals surface area contributed by atoms with Crippen LogP contribution in [0, 0.1) is 22.7 Å². The number of carbonyl (C=O) groups excluding carboxylic acids is 3. The number of carbonyl (C=O) groups is 5. The average molecular weight is 962 g/mol. The Morgan fingerprint density at radius 1 is 0.534 bits per heavy atom. The number of carboxylic acids is 2. The summed E-state index contributed by atoms with van der Waals surface area (Å²) >= 11 is 11.4. The first kappa shape index (κ1) is 71.3. The van der Waals surface area contributed by atoms with Crippen molar-refractivity contribution in [3.8, 4) is 12.1 Å². The topological polar surface area (TPSA) is 364 Å². The molecule has 0 aromatic heterocycles. The molecule has 0 rings (SSSR count). The largest absolute Gasteiger partial charge is 0.480 e. The average Bonchev–Trinajstić information content (AvgIpc) is 3.21. The number of aliphatic hydroxyl groups excluding tert-OH is 3. The molecule has 344 valence electrons. The molecule has 0 aliphatic carbocycles. The van der Waals surface area contributed by atoms with E-state index in [1.54, 1.807) is 76.6 Å². The van der Waals surface area contributed by atoms with Gasteiger partial charge in [0.15, 0.2) is 6.10 Å². The van der Waals surface area contributed by atoms with E-state index in [1.807, 2.05) is 49.9 Å². The highest BCUT2D eigenvalue weighted by Crippen LogP contribution is 2.01. The molecule has 0 aliphatic rings. The van der Waals surface area contributed by atoms with Gasteiger partial charge < -0.3 is 59.0 Å². The molecule has 0 saturated carbocycles. The van der Waals surface area contributed by atoms with Crippen molar-refractivity contribution in [3.63, 3.8) is 0 Å². The molecule has 6 atom stereocenters. The highest BCUT2D eigenvalue weighted by molar-refractivity contribution is 7.99. The van der Waals surface area contributed by atoms with Crippen molar-refractivity contribution in [3.05, 3.63) is 0 Å². The summed E-state index contributed by atoms with van der Waals surface area (Å²) in [7, 11) is 0. The van der Waals surface area contributed by atoms with Crippen molar-refractivity contribution in [2.24, 2.45) is 28.7 Å². The number of primary amides is 2. The lowest BCUT2D eigenvalue weighted by Gasteiger charge is -2.03. The Morgan fingerprint density at radius 2 is 0.897 bits per heavy atom. The van der Waals surface area contributed by atoms with Gasteiger partial charge in [-0.2, -0.15) is 92.9 Å². The number of carboxylic acid groups (broad SMARTS) is 2. The molecule has 15 N–H and O–H groups in total. The molecule has 0 aliphatic heterocycles. The number of amides is 2. The number of aliphatic carboxylic acids is 2. The van der Waals surface area contributed by atoms with E-state index in [0.717, 1.165) is 47.2 Å². The molecule has 6 unspecified atom stereocenters. The molecular weight excluding hydrogens is 891 g/mol. The van der Waals surface area contributed by atoms with Crippen LogP contribution in [0.5, 0.6) is 0 Å². The van der Waals surface area contributed by atoms with Crippen LogP contribution >= 0.6 is 82.3 Å². The lowest BCUT2D eigenvalue weighted by Crippen LogP contribution is -2.36. The Morgan fingerprint density at radius 3 is 1.19 bits per heavy atom. The maximum Gasteiger partial charge on any atom is 0.332 e. The van der Waals surface area contributed by atoms with Gasteiger partial charge in [0.2, 0.25) is 11.8 Å². The normalized spacial score (nSPS) is 12.5. The fourth-order valence-electron chi connectivity index (χ4n) is 2.25. The summed E-state index contributed by atoms with van der Waals surface area (Å²) in [5.41, 5.74) is 25.5. The van der Waals surface area contributed by atoms with E-state index in [1.165, 1.54) is 11.8 Å². The lowest BCUT2D eigenvalue weighted by atomic mass is 10.2. The molecule has 0 saturated heterocycles. The van der Waals surface area contributed by atoms with E-state index in [9.17, 15) is 24.0 Å². The molecule has 0 fully saturated rings. The maximum atomic E-state index is 10.3. The van der Waals surface area contributed by atoms with Gasteiger partial charge >= 0.3 is 11.9 Å². The molecule has 0 aromatic carbocycles. The van der Waals surface area contributed by atoms with Crippen LogP contribution in [0.15, 0.2) is 0 Å². The Bertz CT molecular complexity index is 918. The second-order valence-corrected chi connectivity index (χ2v) is 17.6. The Labute approximate surface area is 376 Å². The van der Waals surface area contributed by atoms with Crippen LogP contribution in [0.25, 0.3) is 0 Å². The third-order valence-electron chi connectivity index (χ3n) is 5.74. The zero-order valence-corrected chi connectivity index (χ0v) is 40.6. The summed E-state index contributed by atoms with van der Waals surface area (Å²) in [6, 6.07) is 2.30. The molecule has 0 spiro atoms. The van der Waals surface area contributed by atoms with Gasteiger partial charge in [-0.1, -0.05) is 0 Å². The summed E-state index contributed by atoms with van der Waals surface area (Å²) in [5, 5.41) is 58.7. The number of thioether (sulfide) groups is 7. The van der Waals surface area contributed by atoms with Crippen LogP contribution in [0.1, 0.15) is 44.9 Å². The number of hydrogen-bond donors (Lipinski definition) is 10. The van der Waals surface area contributed by atoms with E-state index in [0.29, 0.717) is 44.3 Å². The van der Waals surface area contributed by atoms with E-state index in [4.69, 9.17) is 64.7 Å². The van der Waals surface area contributed by atoms with Crippen molar-refractivity contribution in [1.82, 2.24) is 0 Å². The Hall–Kier alpha value is -1.26. The second-order valence-electron chi connectivity index (χ2n) is 10.7. The molecule has 0 radical (unpaired) electrons. The van der Waals surface area contributed by atoms with Gasteiger partial charge in [-0.3, -0.25) is 14.4 Å². The summed E-state index contributed by atoms with van der Waals surface area (Å²) in [4.78, 5) is 50.0. The molecule has 0 heterocycles. The predicted octanol–water partition coefficient (Wildman–Crippen LogP) is 1.63. The van der Waals surface area contributed by atoms with Crippen LogP contribution in [-0.2, 0) is 24.0 Å². The number of nitriles is 2. The fraction of sp³-hybridized carbons (Fsp3) is 0.794. The Kier molecular flexibility index (Phi) is 73.8. The van der Waals surface area contributed by atoms with Crippen LogP contribution in [0.2, 0.25) is 0 Å². The maximum absolute atomic E-state index is 10.3. The number of rotatable bonds is 25. The van der Waals surface area contributed by atoms with E-state index >= 15 is 0 Å². The molecule has 0 aromatic rings. The SMILES string of the molecule is CSCCC(N)C#N.CSCCC(N)C(=O)O.CSCCC(N)C(N)=O.CSCCC(O)C#N.CSCCC(O)C(=O)O.CSCCC(O)C(N)=O.CSCCC=O. The van der Waals surface area contributed by atoms with Crippen LogP contribution in [0.4, 0.5) is 0 Å². The molecular formula is C34H71N7O10S7. The molecule has 0 bridgehead atoms. The highest BCUT2D eigenvalue weighted by atomic mass is 32.2. The lowest BCUT2D eigenvalue weighted by molar-refractivity contribution is -0.146. The van der Waals surface area contributed by atoms with Crippen molar-refractivity contribution in [2.75, 3.05) is 84.1 Å². The van der Waals surface area contributed by atoms with Gasteiger partial charge in [0.05, 0.1) is 24.2 Å². The zero-order chi connectivity index (χ0) is 46.7. The minimum atomic E-state index is -1.18. The van der Waals surface area contributed by atoms with E-state index in [-0.39, 0.29) is 6.04 Å². The number of aliphatic hydroxyl groups is 3. The standard InChI is InChI=1S/C5H12N2OS.C5H10N2S.2C5H11NO2S.C5H9NOS.C5H10O3S.C4H8OS/c1-9-3-2-4(6)5(7)8;1-8-3-2-5(7)4-6;1-9-3-2-4(7)5(6)8;1-9-3-2-4(6)5(7)8;1-8-3-2-5(7)4-6;1-9-3-2-4(6)5(7)8;1-6-4-2-3-5/h4H,2-3,6H2,1H3,(H2,7,8);5H,2-3,7H2,1H3;4,7H,2-3H2,1H3,(H2,6,8);4H,2-3,6H2,1H3,(H,7,8);5,7H,2-3H2,1H3;4,6H,2-3H2,1H3,(H,7,8);3H,2,4H2,1H3. The van der Waals surface area contributed by atoms with Crippen molar-refractivity contribution in [2.45, 2.75) is 81.4 Å². The number of nitrogens with zero attached hydrogens (tertiary/aromatic N) is 2. The minimum absolute atomic E-state index is 0.262. The monoisotopic (exact) mass is 961 g/mol. The number of hydrogen-bond acceptors (Lipinski definition) is 20. The minimum Gasteiger partial charge on any atom is -0.480 e. The first-order chi connectivity index (χ1) is 27.3. The number of nitrogens with two attached hydrogens (primary N) is 5. The molecule has 24 heteroatoms. The van der Waals surface area contributed by atoms with Gasteiger partial charge in [0.1, 0.15) is 24.5 Å². The van der Waals surface area contributed by atoms with Gasteiger partial charge in [-0.15, -0.1) is 0 Å². The molecule has 17 nitrogen and oxygen atoms in total. The quantitative estimate of drug-likeness (QED) is 0.0353. The number of aldehydes is 1. The van der Waals surface area contributed by atoms with Crippen LogP contribution in [-0.4, -0.2) is 176 Å². The molecule has 2 amide bonds. The Balaban J connectivity index is -0.000000105. The van der Waals surface area contributed by atoms with Crippen LogP contribution in [0.3, 0.4) is 0 Å². The summed E-state index contributed by atoms with van der Waals surface area (Å²) < 4.78 is 0. The van der Waals surface area contributed by atoms with Crippen molar-refractivity contribution in [1.29, 1.82) is 10.5 Å². The smallest absolute Gasteiger partial charge is 0.332 e. The van der Waals surface area contributed by atoms with Gasteiger partial charge in [0, 0.05) is 6.42 Å². The van der Waals surface area contributed by atoms with Gasteiger partial charge in [-0.05, 0) is 123 Å². The predicted molar refractivity (Wildman–Crippen MR) is 254 cm³/mol. The highest BCUT2D eigenvalue weighted by Gasteiger charge is 2.11.